The van der Waals surface area contributed by atoms with Gasteiger partial charge in [-0.1, -0.05) is 0 Å². The molecule has 16 heteroatoms. The number of aromatic nitrogens is 6. The van der Waals surface area contributed by atoms with Crippen LogP contribution < -0.4 is 22.0 Å². The van der Waals surface area contributed by atoms with Gasteiger partial charge in [0, 0.05) is 85.2 Å². The Balaban J connectivity index is 0.000000157. The highest BCUT2D eigenvalue weighted by molar-refractivity contribution is 5.79. The zero-order chi connectivity index (χ0) is 41.1. The summed E-state index contributed by atoms with van der Waals surface area (Å²) >= 11 is 0. The zero-order valence-corrected chi connectivity index (χ0v) is 32.9. The Hall–Kier alpha value is -6.10. The van der Waals surface area contributed by atoms with Crippen LogP contribution >= 0.6 is 0 Å². The maximum absolute atomic E-state index is 12.2. The van der Waals surface area contributed by atoms with Crippen molar-refractivity contribution in [2.45, 2.75) is 71.2 Å². The third-order valence-electron chi connectivity index (χ3n) is 9.61. The lowest BCUT2D eigenvalue weighted by Crippen LogP contribution is -2.46. The first-order valence-electron chi connectivity index (χ1n) is 19.2. The van der Waals surface area contributed by atoms with Crippen molar-refractivity contribution in [3.05, 3.63) is 123 Å². The van der Waals surface area contributed by atoms with Crippen molar-refractivity contribution in [2.75, 3.05) is 32.8 Å². The minimum absolute atomic E-state index is 0.00280. The Morgan fingerprint density at radius 3 is 1.72 bits per heavy atom. The number of hydrogen-bond acceptors (Lipinski definition) is 12. The molecule has 0 spiro atoms. The third kappa shape index (κ3) is 11.1. The van der Waals surface area contributed by atoms with E-state index in [0.29, 0.717) is 38.1 Å². The van der Waals surface area contributed by atoms with Gasteiger partial charge in [0.1, 0.15) is 11.9 Å². The van der Waals surface area contributed by atoms with E-state index in [2.05, 4.69) is 25.2 Å². The first kappa shape index (κ1) is 41.5. The molecule has 0 saturated carbocycles. The normalized spacial score (nSPS) is 15.0. The number of alkyl carbamates (subject to hydrolysis) is 1. The van der Waals surface area contributed by atoms with E-state index >= 15 is 0 Å². The molecule has 8 heterocycles. The van der Waals surface area contributed by atoms with Crippen LogP contribution in [-0.2, 0) is 38.6 Å². The number of rotatable bonds is 8. The molecule has 2 fully saturated rings. The van der Waals surface area contributed by atoms with Gasteiger partial charge in [-0.25, -0.2) is 4.79 Å². The van der Waals surface area contributed by atoms with E-state index in [1.54, 1.807) is 76.6 Å². The summed E-state index contributed by atoms with van der Waals surface area (Å²) in [6, 6.07) is 15.7. The molecule has 16 nitrogen and oxygen atoms in total. The number of likely N-dealkylation sites (tertiary alicyclic amines) is 1. The molecule has 0 unspecified atom stereocenters. The van der Waals surface area contributed by atoms with Gasteiger partial charge in [-0.05, 0) is 70.0 Å². The van der Waals surface area contributed by atoms with Crippen LogP contribution in [0.15, 0.2) is 106 Å². The highest BCUT2D eigenvalue weighted by Gasteiger charge is 2.24. The topological polar surface area (TPSA) is 182 Å². The number of amides is 1. The van der Waals surface area contributed by atoms with Crippen molar-refractivity contribution >= 4 is 45.1 Å². The van der Waals surface area contributed by atoms with Crippen LogP contribution in [0.4, 0.5) is 4.79 Å². The quantitative estimate of drug-likeness (QED) is 0.221. The van der Waals surface area contributed by atoms with Gasteiger partial charge in [0.2, 0.25) is 0 Å². The lowest BCUT2D eigenvalue weighted by atomic mass is 10.1. The molecule has 0 atom stereocenters. The van der Waals surface area contributed by atoms with Gasteiger partial charge in [-0.3, -0.25) is 33.9 Å². The Morgan fingerprint density at radius 2 is 1.21 bits per heavy atom. The summed E-state index contributed by atoms with van der Waals surface area (Å²) in [6.45, 7) is 10.4. The van der Waals surface area contributed by atoms with Gasteiger partial charge >= 0.3 is 6.09 Å². The molecular weight excluding hydrogens is 745 g/mol. The van der Waals surface area contributed by atoms with Crippen LogP contribution in [-0.4, -0.2) is 96.7 Å². The minimum atomic E-state index is -0.481. The molecule has 6 aromatic rings. The van der Waals surface area contributed by atoms with Crippen LogP contribution in [0.5, 0.6) is 0 Å². The molecule has 1 N–H and O–H groups in total. The highest BCUT2D eigenvalue weighted by Crippen LogP contribution is 2.15. The van der Waals surface area contributed by atoms with E-state index in [0.717, 1.165) is 59.7 Å². The molecular formula is C42H48N8O8. The number of pyridine rings is 6. The van der Waals surface area contributed by atoms with Gasteiger partial charge in [-0.15, -0.1) is 0 Å². The van der Waals surface area contributed by atoms with Crippen LogP contribution in [0.25, 0.3) is 32.7 Å². The molecule has 1 amide bonds. The van der Waals surface area contributed by atoms with Gasteiger partial charge < -0.3 is 38.4 Å². The van der Waals surface area contributed by atoms with Crippen molar-refractivity contribution in [3.63, 3.8) is 0 Å². The molecule has 0 aliphatic carbocycles. The Labute approximate surface area is 334 Å². The summed E-state index contributed by atoms with van der Waals surface area (Å²) in [6.07, 6.45) is 11.9. The number of carbonyl (C=O) groups excluding carboxylic acids is 2. The number of nitrogens with one attached hydrogen (secondary N) is 1. The summed E-state index contributed by atoms with van der Waals surface area (Å²) in [7, 11) is 0. The molecule has 304 valence electrons. The van der Waals surface area contributed by atoms with Gasteiger partial charge in [0.15, 0.2) is 6.29 Å². The van der Waals surface area contributed by atoms with E-state index in [9.17, 15) is 24.0 Å². The fourth-order valence-electron chi connectivity index (χ4n) is 6.76. The Morgan fingerprint density at radius 1 is 0.724 bits per heavy atom. The van der Waals surface area contributed by atoms with Crippen LogP contribution in [0.3, 0.4) is 0 Å². The number of fused-ring (bicyclic) bond motifs is 3. The first-order chi connectivity index (χ1) is 28.0. The molecule has 58 heavy (non-hydrogen) atoms. The minimum Gasteiger partial charge on any atom is -0.444 e. The zero-order valence-electron chi connectivity index (χ0n) is 32.9. The maximum Gasteiger partial charge on any atom is 0.407 e. The van der Waals surface area contributed by atoms with Crippen molar-refractivity contribution in [3.8, 4) is 0 Å². The average molecular weight is 793 g/mol. The monoisotopic (exact) mass is 792 g/mol. The summed E-state index contributed by atoms with van der Waals surface area (Å²) < 4.78 is 20.9. The SMILES string of the molecule is CC(C)(C)OC(=O)NC1CCN(CCn2c(=O)ccc3ccncc32)CC1.O=CCn1c(=O)ccc2ccncc21.O=c1ccc2ccncc2n1CC1OCCO1. The van der Waals surface area contributed by atoms with Crippen LogP contribution in [0.2, 0.25) is 0 Å². The van der Waals surface area contributed by atoms with Gasteiger partial charge in [0.05, 0.1) is 61.4 Å². The number of carbonyl (C=O) groups is 2. The summed E-state index contributed by atoms with van der Waals surface area (Å²) in [5, 5.41) is 5.86. The predicted octanol–water partition coefficient (Wildman–Crippen LogP) is 3.75. The van der Waals surface area contributed by atoms with Gasteiger partial charge in [-0.2, -0.15) is 0 Å². The number of ether oxygens (including phenoxy) is 3. The molecule has 0 bridgehead atoms. The van der Waals surface area contributed by atoms with E-state index in [-0.39, 0.29) is 41.6 Å². The Bertz CT molecular complexity index is 2510. The van der Waals surface area contributed by atoms with E-state index in [1.165, 1.54) is 10.6 Å². The van der Waals surface area contributed by atoms with E-state index in [1.807, 2.05) is 39.0 Å². The molecule has 0 radical (unpaired) electrons. The number of aldehydes is 1. The Kier molecular flexibility index (Phi) is 13.9. The van der Waals surface area contributed by atoms with Crippen LogP contribution in [0.1, 0.15) is 33.6 Å². The summed E-state index contributed by atoms with van der Waals surface area (Å²) in [5.74, 6) is 0. The lowest BCUT2D eigenvalue weighted by molar-refractivity contribution is -0.108. The predicted molar refractivity (Wildman–Crippen MR) is 219 cm³/mol. The molecule has 0 aromatic carbocycles. The summed E-state index contributed by atoms with van der Waals surface area (Å²) in [5.41, 5.74) is 1.63. The second-order valence-corrected chi connectivity index (χ2v) is 14.8. The maximum atomic E-state index is 12.2. The molecule has 6 aromatic heterocycles. The standard InChI is InChI=1S/C20H28N4O3.C12H12N2O3.C10H8N2O2/c1-20(2,3)27-19(26)22-16-7-10-23(11-8-16)12-13-24-17-14-21-9-6-15(17)4-5-18(24)25;15-11-2-1-9-3-4-13-7-10(9)14(11)8-12-16-5-6-17-12;13-6-5-12-9-7-11-4-3-8(9)1-2-10(12)14/h4-6,9,14,16H,7-8,10-13H2,1-3H3,(H,22,26);1-4,7,12H,5-6,8H2;1-4,6-7H,5H2. The second kappa shape index (κ2) is 19.4. The fraction of sp³-hybridized carbons (Fsp3) is 0.381. The van der Waals surface area contributed by atoms with E-state index in [4.69, 9.17) is 14.2 Å². The molecule has 8 rings (SSSR count). The number of piperidine rings is 1. The largest absolute Gasteiger partial charge is 0.444 e. The lowest BCUT2D eigenvalue weighted by Gasteiger charge is -2.33. The third-order valence-corrected chi connectivity index (χ3v) is 9.61. The second-order valence-electron chi connectivity index (χ2n) is 14.8. The molecule has 2 aliphatic heterocycles. The number of hydrogen-bond donors (Lipinski definition) is 1. The highest BCUT2D eigenvalue weighted by atomic mass is 16.7. The molecule has 2 saturated heterocycles. The number of nitrogens with zero attached hydrogens (tertiary/aromatic N) is 7. The average Bonchev–Trinajstić information content (AvgIpc) is 3.74. The van der Waals surface area contributed by atoms with Gasteiger partial charge in [0.25, 0.3) is 16.7 Å². The summed E-state index contributed by atoms with van der Waals surface area (Å²) in [4.78, 5) is 72.2. The smallest absolute Gasteiger partial charge is 0.407 e. The molecule has 2 aliphatic rings. The van der Waals surface area contributed by atoms with E-state index < -0.39 is 5.60 Å². The first-order valence-corrected chi connectivity index (χ1v) is 19.2. The van der Waals surface area contributed by atoms with Crippen molar-refractivity contribution in [1.29, 1.82) is 0 Å². The van der Waals surface area contributed by atoms with Crippen molar-refractivity contribution < 1.29 is 23.8 Å². The fourth-order valence-corrected chi connectivity index (χ4v) is 6.76. The van der Waals surface area contributed by atoms with Crippen molar-refractivity contribution in [2.24, 2.45) is 0 Å². The van der Waals surface area contributed by atoms with Crippen molar-refractivity contribution in [1.82, 2.24) is 38.9 Å². The van der Waals surface area contributed by atoms with Crippen LogP contribution in [0, 0.1) is 0 Å².